The van der Waals surface area contributed by atoms with Crippen molar-refractivity contribution < 1.29 is 32.3 Å². The summed E-state index contributed by atoms with van der Waals surface area (Å²) < 4.78 is 58.5. The molecule has 1 saturated heterocycles. The van der Waals surface area contributed by atoms with E-state index in [0.717, 1.165) is 57.2 Å². The van der Waals surface area contributed by atoms with E-state index in [-0.39, 0.29) is 29.8 Å². The van der Waals surface area contributed by atoms with Gasteiger partial charge in [-0.15, -0.1) is 0 Å². The maximum atomic E-state index is 14.4. The third kappa shape index (κ3) is 8.56. The Morgan fingerprint density at radius 1 is 0.980 bits per heavy atom. The highest BCUT2D eigenvalue weighted by Crippen LogP contribution is 2.41. The molecular formula is C40H49F4N3O4. The van der Waals surface area contributed by atoms with Crippen molar-refractivity contribution in [1.29, 1.82) is 0 Å². The Morgan fingerprint density at radius 3 is 2.20 bits per heavy atom. The Morgan fingerprint density at radius 2 is 1.63 bits per heavy atom. The van der Waals surface area contributed by atoms with Gasteiger partial charge in [-0.3, -0.25) is 14.4 Å². The number of aryl methyl sites for hydroxylation is 3. The second-order valence-corrected chi connectivity index (χ2v) is 15.1. The van der Waals surface area contributed by atoms with Gasteiger partial charge in [0.1, 0.15) is 11.9 Å². The molecule has 0 radical (unpaired) electrons. The van der Waals surface area contributed by atoms with Gasteiger partial charge >= 0.3 is 12.1 Å². The Bertz CT molecular complexity index is 1820. The molecule has 1 fully saturated rings. The maximum Gasteiger partial charge on any atom is 0.416 e. The predicted molar refractivity (Wildman–Crippen MR) is 189 cm³/mol. The number of halogens is 4. The summed E-state index contributed by atoms with van der Waals surface area (Å²) in [5.74, 6) is -2.72. The lowest BCUT2D eigenvalue weighted by molar-refractivity contribution is -0.139. The number of carbonyl (C=O) groups is 2. The van der Waals surface area contributed by atoms with Gasteiger partial charge in [0.05, 0.1) is 18.0 Å². The van der Waals surface area contributed by atoms with E-state index in [1.165, 1.54) is 18.3 Å². The first-order chi connectivity index (χ1) is 23.9. The fourth-order valence-corrected chi connectivity index (χ4v) is 8.08. The standard InChI is InChI=1S/C40H49F4N3O4/c1-22(2)14-35(47-21-32(33(19-36(47)48)40(42,43)44)26-10-12-46(13-11-26)23(3)4)39(51)45-34(20-37(49)50)28-17-27-8-7-9-30(27)31(18-28)38-24(5)15-29(41)16-25(38)6/h15-19,21-23,26,34-35H,7-14,20H2,1-6H3,(H,45,51)(H,49,50). The number of fused-ring (bicyclic) bond motifs is 1. The van der Waals surface area contributed by atoms with Crippen molar-refractivity contribution >= 4 is 11.9 Å². The molecule has 11 heteroatoms. The number of alkyl halides is 3. The molecule has 51 heavy (non-hydrogen) atoms. The summed E-state index contributed by atoms with van der Waals surface area (Å²) in [6.45, 7) is 12.7. The van der Waals surface area contributed by atoms with Crippen molar-refractivity contribution in [2.75, 3.05) is 13.1 Å². The van der Waals surface area contributed by atoms with Crippen molar-refractivity contribution in [2.24, 2.45) is 5.92 Å². The van der Waals surface area contributed by atoms with E-state index in [2.05, 4.69) is 10.2 Å². The van der Waals surface area contributed by atoms with Crippen LogP contribution in [0.4, 0.5) is 17.6 Å². The van der Waals surface area contributed by atoms with E-state index in [1.54, 1.807) is 0 Å². The highest BCUT2D eigenvalue weighted by molar-refractivity contribution is 5.82. The van der Waals surface area contributed by atoms with Crippen LogP contribution in [-0.2, 0) is 28.6 Å². The molecule has 7 nitrogen and oxygen atoms in total. The molecule has 0 saturated carbocycles. The molecule has 3 aromatic rings. The summed E-state index contributed by atoms with van der Waals surface area (Å²) in [5.41, 5.74) is 3.98. The number of aromatic nitrogens is 1. The van der Waals surface area contributed by atoms with Crippen LogP contribution >= 0.6 is 0 Å². The maximum absolute atomic E-state index is 14.4. The molecule has 5 rings (SSSR count). The molecule has 276 valence electrons. The number of pyridine rings is 1. The van der Waals surface area contributed by atoms with Crippen LogP contribution in [0.15, 0.2) is 41.3 Å². The van der Waals surface area contributed by atoms with Crippen molar-refractivity contribution in [3.63, 3.8) is 0 Å². The number of benzene rings is 2. The number of aliphatic carboxylic acids is 1. The van der Waals surface area contributed by atoms with Crippen molar-refractivity contribution in [2.45, 2.75) is 117 Å². The molecule has 1 aliphatic carbocycles. The first kappa shape index (κ1) is 38.2. The van der Waals surface area contributed by atoms with Crippen LogP contribution in [-0.4, -0.2) is 45.6 Å². The van der Waals surface area contributed by atoms with E-state index in [4.69, 9.17) is 0 Å². The van der Waals surface area contributed by atoms with Crippen LogP contribution in [0.1, 0.15) is 117 Å². The van der Waals surface area contributed by atoms with Gasteiger partial charge in [-0.1, -0.05) is 19.9 Å². The molecule has 1 aliphatic heterocycles. The Balaban J connectivity index is 1.56. The largest absolute Gasteiger partial charge is 0.481 e. The monoisotopic (exact) mass is 711 g/mol. The minimum atomic E-state index is -4.75. The summed E-state index contributed by atoms with van der Waals surface area (Å²) in [5, 5.41) is 12.9. The van der Waals surface area contributed by atoms with Gasteiger partial charge in [0.2, 0.25) is 5.91 Å². The van der Waals surface area contributed by atoms with E-state index >= 15 is 0 Å². The number of carbonyl (C=O) groups excluding carboxylic acids is 1. The average molecular weight is 712 g/mol. The predicted octanol–water partition coefficient (Wildman–Crippen LogP) is 8.29. The molecule has 2 aliphatic rings. The Hall–Kier alpha value is -3.99. The lowest BCUT2D eigenvalue weighted by atomic mass is 9.86. The first-order valence-corrected chi connectivity index (χ1v) is 18.0. The summed E-state index contributed by atoms with van der Waals surface area (Å²) in [4.78, 5) is 42.2. The topological polar surface area (TPSA) is 91.6 Å². The number of hydrogen-bond donors (Lipinski definition) is 2. The molecule has 2 unspecified atom stereocenters. The van der Waals surface area contributed by atoms with Crippen LogP contribution in [0.3, 0.4) is 0 Å². The van der Waals surface area contributed by atoms with Gasteiger partial charge < -0.3 is 19.9 Å². The normalized spacial score (nSPS) is 16.8. The fourth-order valence-electron chi connectivity index (χ4n) is 8.08. The van der Waals surface area contributed by atoms with Gasteiger partial charge in [-0.25, -0.2) is 4.39 Å². The van der Waals surface area contributed by atoms with Gasteiger partial charge in [0.15, 0.2) is 0 Å². The molecule has 1 amide bonds. The second kappa shape index (κ2) is 15.3. The van der Waals surface area contributed by atoms with E-state index in [0.29, 0.717) is 37.6 Å². The lowest BCUT2D eigenvalue weighted by Gasteiger charge is -2.36. The molecule has 1 aromatic heterocycles. The highest BCUT2D eigenvalue weighted by Gasteiger charge is 2.39. The summed E-state index contributed by atoms with van der Waals surface area (Å²) in [6, 6.07) is 5.40. The van der Waals surface area contributed by atoms with Crippen molar-refractivity contribution in [3.05, 3.63) is 91.6 Å². The van der Waals surface area contributed by atoms with Crippen LogP contribution in [0.2, 0.25) is 0 Å². The van der Waals surface area contributed by atoms with E-state index in [1.807, 2.05) is 53.7 Å². The number of nitrogens with zero attached hydrogens (tertiary/aromatic N) is 2. The zero-order valence-corrected chi connectivity index (χ0v) is 30.3. The number of rotatable bonds is 11. The summed E-state index contributed by atoms with van der Waals surface area (Å²) >= 11 is 0. The molecule has 2 atom stereocenters. The van der Waals surface area contributed by atoms with Gasteiger partial charge in [0.25, 0.3) is 5.56 Å². The molecule has 2 N–H and O–H groups in total. The number of carboxylic acid groups (broad SMARTS) is 1. The van der Waals surface area contributed by atoms with Crippen molar-refractivity contribution in [3.8, 4) is 11.1 Å². The second-order valence-electron chi connectivity index (χ2n) is 15.1. The average Bonchev–Trinajstić information content (AvgIpc) is 3.51. The highest BCUT2D eigenvalue weighted by atomic mass is 19.4. The third-order valence-corrected chi connectivity index (χ3v) is 10.6. The van der Waals surface area contributed by atoms with Crippen molar-refractivity contribution in [1.82, 2.24) is 14.8 Å². The number of likely N-dealkylation sites (tertiary alicyclic amines) is 1. The SMILES string of the molecule is Cc1cc(F)cc(C)c1-c1cc(C(CC(=O)O)NC(=O)C(CC(C)C)n2cc(C3CCN(C(C)C)CC3)c(C(F)(F)F)cc2=O)cc2c1CCC2. The molecule has 2 aromatic carbocycles. The molecule has 0 bridgehead atoms. The van der Waals surface area contributed by atoms with Crippen LogP contribution in [0.5, 0.6) is 0 Å². The number of amides is 1. The quantitative estimate of drug-likeness (QED) is 0.196. The summed E-state index contributed by atoms with van der Waals surface area (Å²) in [6.07, 6.45) is -0.406. The van der Waals surface area contributed by atoms with Crippen LogP contribution < -0.4 is 10.9 Å². The molecule has 2 heterocycles. The summed E-state index contributed by atoms with van der Waals surface area (Å²) in [7, 11) is 0. The minimum absolute atomic E-state index is 0.00227. The van der Waals surface area contributed by atoms with Gasteiger partial charge in [-0.05, 0) is 154 Å². The zero-order chi connectivity index (χ0) is 37.4. The van der Waals surface area contributed by atoms with E-state index < -0.39 is 53.6 Å². The minimum Gasteiger partial charge on any atom is -0.481 e. The van der Waals surface area contributed by atoms with E-state index in [9.17, 15) is 37.1 Å². The number of nitrogens with one attached hydrogen (secondary N) is 1. The molecule has 0 spiro atoms. The van der Waals surface area contributed by atoms with Gasteiger partial charge in [0, 0.05) is 18.3 Å². The fraction of sp³-hybridized carbons (Fsp3) is 0.525. The number of hydrogen-bond acceptors (Lipinski definition) is 4. The number of piperidine rings is 1. The molecular weight excluding hydrogens is 662 g/mol. The van der Waals surface area contributed by atoms with Crippen LogP contribution in [0, 0.1) is 25.6 Å². The van der Waals surface area contributed by atoms with Gasteiger partial charge in [-0.2, -0.15) is 13.2 Å². The third-order valence-electron chi connectivity index (χ3n) is 10.6. The Labute approximate surface area is 297 Å². The number of carboxylic acids is 1. The first-order valence-electron chi connectivity index (χ1n) is 18.0. The smallest absolute Gasteiger partial charge is 0.416 e. The zero-order valence-electron chi connectivity index (χ0n) is 30.3. The lowest BCUT2D eigenvalue weighted by Crippen LogP contribution is -2.41. The van der Waals surface area contributed by atoms with Crippen LogP contribution in [0.25, 0.3) is 11.1 Å². The Kier molecular flexibility index (Phi) is 11.5.